The average molecular weight is 153 g/mol. The first kappa shape index (κ1) is 6.67. The second-order valence-electron chi connectivity index (χ2n) is 2.78. The maximum Gasteiger partial charge on any atom is 0.102 e. The van der Waals surface area contributed by atoms with Crippen LogP contribution in [0.3, 0.4) is 0 Å². The molecule has 0 radical (unpaired) electrons. The molecule has 11 heavy (non-hydrogen) atoms. The van der Waals surface area contributed by atoms with Gasteiger partial charge in [-0.05, 0) is 12.8 Å². The molecule has 0 unspecified atom stereocenters. The Bertz CT molecular complexity index is 242. The van der Waals surface area contributed by atoms with Crippen molar-refractivity contribution in [2.24, 2.45) is 0 Å². The summed E-state index contributed by atoms with van der Waals surface area (Å²) in [7, 11) is 1.60. The zero-order valence-electron chi connectivity index (χ0n) is 6.42. The monoisotopic (exact) mass is 153 g/mol. The van der Waals surface area contributed by atoms with Crippen molar-refractivity contribution in [3.05, 3.63) is 11.9 Å². The Morgan fingerprint density at radius 2 is 2.55 bits per heavy atom. The van der Waals surface area contributed by atoms with E-state index in [9.17, 15) is 0 Å². The Labute approximate surface area is 64.9 Å². The molecule has 2 rings (SSSR count). The van der Waals surface area contributed by atoms with E-state index in [2.05, 4.69) is 15.7 Å². The highest BCUT2D eigenvalue weighted by Crippen LogP contribution is 2.41. The lowest BCUT2D eigenvalue weighted by Crippen LogP contribution is -1.96. The van der Waals surface area contributed by atoms with E-state index < -0.39 is 0 Å². The van der Waals surface area contributed by atoms with Crippen LogP contribution in [0.1, 0.15) is 24.5 Å². The van der Waals surface area contributed by atoms with Crippen molar-refractivity contribution in [2.45, 2.75) is 18.8 Å². The van der Waals surface area contributed by atoms with E-state index in [0.717, 1.165) is 5.69 Å². The molecule has 0 amide bonds. The highest BCUT2D eigenvalue weighted by Gasteiger charge is 2.27. The van der Waals surface area contributed by atoms with E-state index in [1.807, 2.05) is 0 Å². The van der Waals surface area contributed by atoms with Crippen molar-refractivity contribution in [2.75, 3.05) is 12.6 Å². The van der Waals surface area contributed by atoms with Crippen LogP contribution < -0.4 is 5.48 Å². The Balaban J connectivity index is 2.16. The molecule has 4 heteroatoms. The normalized spacial score (nSPS) is 16.8. The summed E-state index contributed by atoms with van der Waals surface area (Å²) in [6.07, 6.45) is 4.28. The molecule has 1 aliphatic carbocycles. The van der Waals surface area contributed by atoms with Gasteiger partial charge >= 0.3 is 0 Å². The molecular formula is C7H11N3O. The SMILES string of the molecule is CONc1cn[nH]c1C1CC1. The quantitative estimate of drug-likeness (QED) is 0.643. The van der Waals surface area contributed by atoms with Crippen LogP contribution in [-0.4, -0.2) is 17.3 Å². The fraction of sp³-hybridized carbons (Fsp3) is 0.571. The van der Waals surface area contributed by atoms with Crippen LogP contribution in [-0.2, 0) is 4.84 Å². The Morgan fingerprint density at radius 1 is 1.73 bits per heavy atom. The third-order valence-electron chi connectivity index (χ3n) is 1.87. The third-order valence-corrected chi connectivity index (χ3v) is 1.87. The summed E-state index contributed by atoms with van der Waals surface area (Å²) in [5.41, 5.74) is 4.92. The van der Waals surface area contributed by atoms with Crippen molar-refractivity contribution >= 4 is 5.69 Å². The molecule has 2 N–H and O–H groups in total. The van der Waals surface area contributed by atoms with E-state index >= 15 is 0 Å². The fourth-order valence-electron chi connectivity index (χ4n) is 1.17. The van der Waals surface area contributed by atoms with E-state index in [-0.39, 0.29) is 0 Å². The Morgan fingerprint density at radius 3 is 3.18 bits per heavy atom. The topological polar surface area (TPSA) is 49.9 Å². The Hall–Kier alpha value is -1.03. The average Bonchev–Trinajstić information content (AvgIpc) is 2.75. The number of rotatable bonds is 3. The number of aromatic amines is 1. The van der Waals surface area contributed by atoms with Crippen LogP contribution in [0.25, 0.3) is 0 Å². The maximum absolute atomic E-state index is 4.79. The first-order chi connectivity index (χ1) is 5.42. The van der Waals surface area contributed by atoms with Crippen LogP contribution >= 0.6 is 0 Å². The largest absolute Gasteiger partial charge is 0.280 e. The lowest BCUT2D eigenvalue weighted by Gasteiger charge is -2.00. The van der Waals surface area contributed by atoms with E-state index in [4.69, 9.17) is 4.84 Å². The van der Waals surface area contributed by atoms with E-state index in [0.29, 0.717) is 5.92 Å². The summed E-state index contributed by atoms with van der Waals surface area (Å²) < 4.78 is 0. The lowest BCUT2D eigenvalue weighted by molar-refractivity contribution is 0.270. The maximum atomic E-state index is 4.79. The van der Waals surface area contributed by atoms with Gasteiger partial charge in [-0.25, -0.2) is 0 Å². The van der Waals surface area contributed by atoms with Crippen molar-refractivity contribution in [3.63, 3.8) is 0 Å². The number of hydrogen-bond acceptors (Lipinski definition) is 3. The number of nitrogens with one attached hydrogen (secondary N) is 2. The van der Waals surface area contributed by atoms with Gasteiger partial charge < -0.3 is 0 Å². The molecule has 0 spiro atoms. The minimum Gasteiger partial charge on any atom is -0.280 e. The molecule has 1 aromatic rings. The molecule has 0 aliphatic heterocycles. The first-order valence-electron chi connectivity index (χ1n) is 3.74. The first-order valence-corrected chi connectivity index (χ1v) is 3.74. The zero-order chi connectivity index (χ0) is 7.68. The summed E-state index contributed by atoms with van der Waals surface area (Å²) in [5, 5.41) is 6.89. The Kier molecular flexibility index (Phi) is 1.54. The molecule has 60 valence electrons. The number of aromatic nitrogens is 2. The summed E-state index contributed by atoms with van der Waals surface area (Å²) in [4.78, 5) is 4.79. The zero-order valence-corrected chi connectivity index (χ0v) is 6.42. The molecule has 0 bridgehead atoms. The third kappa shape index (κ3) is 1.21. The lowest BCUT2D eigenvalue weighted by atomic mass is 10.3. The van der Waals surface area contributed by atoms with Crippen molar-refractivity contribution < 1.29 is 4.84 Å². The summed E-state index contributed by atoms with van der Waals surface area (Å²) >= 11 is 0. The molecule has 1 saturated carbocycles. The van der Waals surface area contributed by atoms with Gasteiger partial charge in [0.25, 0.3) is 0 Å². The summed E-state index contributed by atoms with van der Waals surface area (Å²) in [5.74, 6) is 0.676. The van der Waals surface area contributed by atoms with Gasteiger partial charge in [-0.3, -0.25) is 15.4 Å². The van der Waals surface area contributed by atoms with Crippen molar-refractivity contribution in [1.82, 2.24) is 10.2 Å². The smallest absolute Gasteiger partial charge is 0.102 e. The van der Waals surface area contributed by atoms with Crippen LogP contribution in [0.15, 0.2) is 6.20 Å². The predicted octanol–water partition coefficient (Wildman–Crippen LogP) is 1.26. The van der Waals surface area contributed by atoms with Gasteiger partial charge in [0.2, 0.25) is 0 Å². The van der Waals surface area contributed by atoms with Gasteiger partial charge in [0.05, 0.1) is 19.0 Å². The van der Waals surface area contributed by atoms with Crippen LogP contribution in [0.2, 0.25) is 0 Å². The van der Waals surface area contributed by atoms with E-state index in [1.165, 1.54) is 18.5 Å². The number of anilines is 1. The van der Waals surface area contributed by atoms with E-state index in [1.54, 1.807) is 13.3 Å². The summed E-state index contributed by atoms with van der Waals surface area (Å²) in [6.45, 7) is 0. The van der Waals surface area contributed by atoms with Gasteiger partial charge in [-0.15, -0.1) is 0 Å². The highest BCUT2D eigenvalue weighted by atomic mass is 16.6. The fourth-order valence-corrected chi connectivity index (χ4v) is 1.17. The molecule has 1 aromatic heterocycles. The highest BCUT2D eigenvalue weighted by molar-refractivity contribution is 5.47. The second-order valence-corrected chi connectivity index (χ2v) is 2.78. The summed E-state index contributed by atoms with van der Waals surface area (Å²) in [6, 6.07) is 0. The van der Waals surface area contributed by atoms with Crippen LogP contribution in [0.4, 0.5) is 5.69 Å². The van der Waals surface area contributed by atoms with Gasteiger partial charge in [0.15, 0.2) is 0 Å². The number of nitrogens with zero attached hydrogens (tertiary/aromatic N) is 1. The number of H-pyrrole nitrogens is 1. The molecule has 1 heterocycles. The molecule has 0 saturated heterocycles. The molecular weight excluding hydrogens is 142 g/mol. The van der Waals surface area contributed by atoms with Crippen LogP contribution in [0.5, 0.6) is 0 Å². The predicted molar refractivity (Wildman–Crippen MR) is 41.2 cm³/mol. The minimum absolute atomic E-state index is 0.676. The molecule has 0 atom stereocenters. The van der Waals surface area contributed by atoms with Gasteiger partial charge in [-0.2, -0.15) is 5.10 Å². The minimum atomic E-state index is 0.676. The molecule has 0 aromatic carbocycles. The number of hydrogen-bond donors (Lipinski definition) is 2. The van der Waals surface area contributed by atoms with Crippen LogP contribution in [0, 0.1) is 0 Å². The van der Waals surface area contributed by atoms with Gasteiger partial charge in [0.1, 0.15) is 5.69 Å². The van der Waals surface area contributed by atoms with Crippen molar-refractivity contribution in [1.29, 1.82) is 0 Å². The van der Waals surface area contributed by atoms with Crippen molar-refractivity contribution in [3.8, 4) is 0 Å². The molecule has 1 fully saturated rings. The standard InChI is InChI=1S/C7H11N3O/c1-11-10-6-4-8-9-7(6)5-2-3-5/h4-5,10H,2-3H2,1H3,(H,8,9). The molecule has 1 aliphatic rings. The molecule has 4 nitrogen and oxygen atoms in total. The van der Waals surface area contributed by atoms with Gasteiger partial charge in [0, 0.05) is 5.92 Å². The van der Waals surface area contributed by atoms with Gasteiger partial charge in [-0.1, -0.05) is 0 Å². The second kappa shape index (κ2) is 2.54.